The van der Waals surface area contributed by atoms with Gasteiger partial charge in [-0.1, -0.05) is 50.6 Å². The van der Waals surface area contributed by atoms with Crippen LogP contribution in [0, 0.1) is 39.6 Å². The molecule has 6 aromatic rings. The molecule has 0 aliphatic carbocycles. The first-order valence-electron chi connectivity index (χ1n) is 15.1. The van der Waals surface area contributed by atoms with E-state index in [9.17, 15) is 0 Å². The molecule has 0 N–H and O–H groups in total. The summed E-state index contributed by atoms with van der Waals surface area (Å²) in [5.41, 5.74) is 11.5. The van der Waals surface area contributed by atoms with Crippen molar-refractivity contribution in [3.8, 4) is 28.4 Å². The molecule has 0 fully saturated rings. The van der Waals surface area contributed by atoms with Gasteiger partial charge in [0.2, 0.25) is 0 Å². The van der Waals surface area contributed by atoms with Crippen LogP contribution in [-0.2, 0) is 26.5 Å². The number of pyridine rings is 2. The topological polar surface area (TPSA) is 59.3 Å². The first-order chi connectivity index (χ1) is 21.5. The second-order valence-corrected chi connectivity index (χ2v) is 12.8. The molecule has 3 aromatic carbocycles. The maximum absolute atomic E-state index is 6.52. The fourth-order valence-electron chi connectivity index (χ4n) is 6.12. The molecule has 0 bridgehead atoms. The number of nitrogens with zero attached hydrogens (tertiary/aromatic N) is 6. The first-order valence-corrected chi connectivity index (χ1v) is 15.1. The standard InChI is InChI=1S/C38H35N6O.Pt/c1-24-14-25(2)37(26(3)15-24)27-16-29(43-23-42(7)33-10-8-9-11-34(33)43)19-30(17-27)45-31-20-35-32(40-21-31)22-41-44(35)36-18-28(12-13-39-36)38(4,5)6;/h8-18,21-23H,1-7H3;/q-3;. The third-order valence-electron chi connectivity index (χ3n) is 8.23. The number of para-hydroxylation sites is 2. The molecule has 0 radical (unpaired) electrons. The molecule has 0 spiro atoms. The first kappa shape index (κ1) is 31.5. The predicted molar refractivity (Wildman–Crippen MR) is 180 cm³/mol. The summed E-state index contributed by atoms with van der Waals surface area (Å²) < 4.78 is 8.28. The van der Waals surface area contributed by atoms with Gasteiger partial charge >= 0.3 is 0 Å². The summed E-state index contributed by atoms with van der Waals surface area (Å²) in [6, 6.07) is 28.1. The Hall–Kier alpha value is -4.48. The van der Waals surface area contributed by atoms with Crippen molar-refractivity contribution in [3.05, 3.63) is 120 Å². The van der Waals surface area contributed by atoms with E-state index in [0.29, 0.717) is 28.4 Å². The Morgan fingerprint density at radius 1 is 0.826 bits per heavy atom. The van der Waals surface area contributed by atoms with Gasteiger partial charge in [0.1, 0.15) is 0 Å². The van der Waals surface area contributed by atoms with E-state index in [1.165, 1.54) is 27.8 Å². The summed E-state index contributed by atoms with van der Waals surface area (Å²) in [6.45, 7) is 15.1. The molecule has 7 rings (SSSR count). The fraction of sp³-hybridized carbons (Fsp3) is 0.211. The summed E-state index contributed by atoms with van der Waals surface area (Å²) in [6.07, 6.45) is 5.23. The SMILES string of the molecule is Cc1cc(C)c(-c2cc(Oc3[c-]c4c(cnn4-c4cc(C(C)(C)C)ccn4)nc3)[c-]c(N3[CH-]N(C)c4ccccc43)c2)c(C)c1.[Pt]. The Bertz CT molecular complexity index is 2060. The molecule has 3 aromatic heterocycles. The molecular weight excluding hydrogens is 752 g/mol. The van der Waals surface area contributed by atoms with E-state index in [4.69, 9.17) is 4.74 Å². The van der Waals surface area contributed by atoms with Crippen LogP contribution in [0.2, 0.25) is 0 Å². The average molecular weight is 787 g/mol. The van der Waals surface area contributed by atoms with Crippen LogP contribution in [0.25, 0.3) is 28.0 Å². The largest absolute Gasteiger partial charge is 0.508 e. The Kier molecular flexibility index (Phi) is 8.24. The monoisotopic (exact) mass is 786 g/mol. The van der Waals surface area contributed by atoms with Crippen LogP contribution >= 0.6 is 0 Å². The molecule has 236 valence electrons. The Morgan fingerprint density at radius 3 is 2.30 bits per heavy atom. The van der Waals surface area contributed by atoms with Crippen molar-refractivity contribution in [1.82, 2.24) is 19.7 Å². The molecule has 46 heavy (non-hydrogen) atoms. The van der Waals surface area contributed by atoms with Gasteiger partial charge in [-0.05, 0) is 97.0 Å². The number of hydrogen-bond acceptors (Lipinski definition) is 6. The Balaban J connectivity index is 0.00000372. The molecule has 0 amide bonds. The number of aromatic nitrogens is 4. The summed E-state index contributed by atoms with van der Waals surface area (Å²) >= 11 is 0. The van der Waals surface area contributed by atoms with Gasteiger partial charge in [-0.15, -0.1) is 35.5 Å². The second-order valence-electron chi connectivity index (χ2n) is 12.8. The molecule has 0 saturated carbocycles. The summed E-state index contributed by atoms with van der Waals surface area (Å²) in [5, 5.41) is 4.59. The number of benzene rings is 3. The van der Waals surface area contributed by atoms with Crippen molar-refractivity contribution in [2.45, 2.75) is 47.0 Å². The van der Waals surface area contributed by atoms with Crippen molar-refractivity contribution >= 4 is 28.1 Å². The minimum Gasteiger partial charge on any atom is -0.508 e. The van der Waals surface area contributed by atoms with Crippen LogP contribution in [-0.4, -0.2) is 26.8 Å². The van der Waals surface area contributed by atoms with E-state index in [1.54, 1.807) is 17.1 Å². The van der Waals surface area contributed by atoms with Crippen LogP contribution in [0.3, 0.4) is 0 Å². The van der Waals surface area contributed by atoms with E-state index < -0.39 is 0 Å². The van der Waals surface area contributed by atoms with Crippen molar-refractivity contribution in [1.29, 1.82) is 0 Å². The van der Waals surface area contributed by atoms with Crippen molar-refractivity contribution in [3.63, 3.8) is 0 Å². The smallest absolute Gasteiger partial charge is 0.151 e. The van der Waals surface area contributed by atoms with Gasteiger partial charge in [0, 0.05) is 56.3 Å². The van der Waals surface area contributed by atoms with Crippen LogP contribution in [0.4, 0.5) is 17.1 Å². The summed E-state index contributed by atoms with van der Waals surface area (Å²) in [5.74, 6) is 1.75. The van der Waals surface area contributed by atoms with Gasteiger partial charge in [-0.2, -0.15) is 11.8 Å². The van der Waals surface area contributed by atoms with Crippen molar-refractivity contribution < 1.29 is 25.8 Å². The molecule has 1 aliphatic rings. The molecule has 0 atom stereocenters. The van der Waals surface area contributed by atoms with Crippen molar-refractivity contribution in [2.24, 2.45) is 0 Å². The van der Waals surface area contributed by atoms with E-state index in [1.807, 2.05) is 18.3 Å². The van der Waals surface area contributed by atoms with E-state index >= 15 is 0 Å². The summed E-state index contributed by atoms with van der Waals surface area (Å²) in [4.78, 5) is 13.5. The average Bonchev–Trinajstić information content (AvgIpc) is 3.57. The van der Waals surface area contributed by atoms with Crippen molar-refractivity contribution in [2.75, 3.05) is 16.8 Å². The van der Waals surface area contributed by atoms with Gasteiger partial charge in [-0.25, -0.2) is 9.67 Å². The van der Waals surface area contributed by atoms with E-state index in [0.717, 1.165) is 22.6 Å². The minimum absolute atomic E-state index is 0. The Morgan fingerprint density at radius 2 is 1.57 bits per heavy atom. The van der Waals surface area contributed by atoms with Crippen LogP contribution in [0.15, 0.2) is 79.3 Å². The van der Waals surface area contributed by atoms with E-state index in [2.05, 4.69) is 141 Å². The number of hydrogen-bond donors (Lipinski definition) is 0. The minimum atomic E-state index is -0.0221. The van der Waals surface area contributed by atoms with Crippen LogP contribution < -0.4 is 14.5 Å². The number of fused-ring (bicyclic) bond motifs is 2. The fourth-order valence-corrected chi connectivity index (χ4v) is 6.12. The second kappa shape index (κ2) is 12.0. The van der Waals surface area contributed by atoms with Gasteiger partial charge in [0.05, 0.1) is 0 Å². The number of aryl methyl sites for hydroxylation is 3. The molecule has 8 heteroatoms. The number of rotatable bonds is 5. The van der Waals surface area contributed by atoms with Crippen LogP contribution in [0.1, 0.15) is 43.0 Å². The van der Waals surface area contributed by atoms with Crippen LogP contribution in [0.5, 0.6) is 11.5 Å². The summed E-state index contributed by atoms with van der Waals surface area (Å²) in [7, 11) is 2.05. The third kappa shape index (κ3) is 5.80. The molecule has 4 heterocycles. The zero-order valence-electron chi connectivity index (χ0n) is 27.0. The zero-order chi connectivity index (χ0) is 31.5. The molecule has 7 nitrogen and oxygen atoms in total. The normalized spacial score (nSPS) is 12.8. The maximum Gasteiger partial charge on any atom is 0.151 e. The predicted octanol–water partition coefficient (Wildman–Crippen LogP) is 8.80. The maximum atomic E-state index is 6.52. The molecular formula is C38H35N6OPt-3. The van der Waals surface area contributed by atoms with Gasteiger partial charge in [0.25, 0.3) is 0 Å². The molecule has 1 aliphatic heterocycles. The van der Waals surface area contributed by atoms with E-state index in [-0.39, 0.29) is 26.5 Å². The number of anilines is 3. The quantitative estimate of drug-likeness (QED) is 0.163. The van der Waals surface area contributed by atoms with Gasteiger partial charge in [0.15, 0.2) is 5.82 Å². The molecule has 0 saturated heterocycles. The Labute approximate surface area is 285 Å². The van der Waals surface area contributed by atoms with Gasteiger partial charge in [-0.3, -0.25) is 0 Å². The van der Waals surface area contributed by atoms with Gasteiger partial charge < -0.3 is 19.5 Å². The third-order valence-corrected chi connectivity index (χ3v) is 8.23. The number of ether oxygens (including phenoxy) is 1. The zero-order valence-corrected chi connectivity index (χ0v) is 29.3. The molecule has 0 unspecified atom stereocenters.